The SMILES string of the molecule is NCCc1ccccc1C(=O)N1CCC[C@H](C(=O)O)C1. The zero-order valence-corrected chi connectivity index (χ0v) is 11.4. The molecule has 1 fully saturated rings. The van der Waals surface area contributed by atoms with Crippen LogP contribution in [0.2, 0.25) is 0 Å². The van der Waals surface area contributed by atoms with Crippen molar-refractivity contribution in [3.63, 3.8) is 0 Å². The van der Waals surface area contributed by atoms with Crippen LogP contribution in [0.5, 0.6) is 0 Å². The van der Waals surface area contributed by atoms with E-state index in [1.54, 1.807) is 11.0 Å². The van der Waals surface area contributed by atoms with E-state index in [0.29, 0.717) is 38.0 Å². The lowest BCUT2D eigenvalue weighted by Crippen LogP contribution is -2.42. The summed E-state index contributed by atoms with van der Waals surface area (Å²) >= 11 is 0. The number of aliphatic carboxylic acids is 1. The van der Waals surface area contributed by atoms with Crippen molar-refractivity contribution in [1.82, 2.24) is 4.90 Å². The lowest BCUT2D eigenvalue weighted by molar-refractivity contribution is -0.143. The molecular weight excluding hydrogens is 256 g/mol. The summed E-state index contributed by atoms with van der Waals surface area (Å²) in [6.07, 6.45) is 2.03. The zero-order chi connectivity index (χ0) is 14.5. The number of benzene rings is 1. The first kappa shape index (κ1) is 14.5. The number of likely N-dealkylation sites (tertiary alicyclic amines) is 1. The van der Waals surface area contributed by atoms with Crippen molar-refractivity contribution < 1.29 is 14.7 Å². The van der Waals surface area contributed by atoms with E-state index < -0.39 is 11.9 Å². The van der Waals surface area contributed by atoms with Crippen LogP contribution in [0.1, 0.15) is 28.8 Å². The fourth-order valence-electron chi connectivity index (χ4n) is 2.64. The summed E-state index contributed by atoms with van der Waals surface area (Å²) in [6, 6.07) is 7.40. The molecule has 108 valence electrons. The number of hydrogen-bond acceptors (Lipinski definition) is 3. The molecule has 0 aromatic heterocycles. The molecule has 5 nitrogen and oxygen atoms in total. The van der Waals surface area contributed by atoms with Crippen molar-refractivity contribution in [2.75, 3.05) is 19.6 Å². The van der Waals surface area contributed by atoms with Gasteiger partial charge >= 0.3 is 5.97 Å². The Balaban J connectivity index is 2.16. The number of carboxylic acid groups (broad SMARTS) is 1. The van der Waals surface area contributed by atoms with Crippen molar-refractivity contribution in [2.45, 2.75) is 19.3 Å². The van der Waals surface area contributed by atoms with Crippen molar-refractivity contribution in [2.24, 2.45) is 11.7 Å². The maximum Gasteiger partial charge on any atom is 0.308 e. The quantitative estimate of drug-likeness (QED) is 0.863. The van der Waals surface area contributed by atoms with Gasteiger partial charge in [0, 0.05) is 18.7 Å². The van der Waals surface area contributed by atoms with Gasteiger partial charge in [0.15, 0.2) is 0 Å². The van der Waals surface area contributed by atoms with Crippen LogP contribution >= 0.6 is 0 Å². The third kappa shape index (κ3) is 3.17. The van der Waals surface area contributed by atoms with Gasteiger partial charge in [-0.05, 0) is 37.4 Å². The Morgan fingerprint density at radius 2 is 2.10 bits per heavy atom. The molecule has 1 saturated heterocycles. The highest BCUT2D eigenvalue weighted by Gasteiger charge is 2.29. The molecule has 0 unspecified atom stereocenters. The molecule has 0 spiro atoms. The van der Waals surface area contributed by atoms with E-state index in [1.165, 1.54) is 0 Å². The molecule has 1 aliphatic rings. The van der Waals surface area contributed by atoms with E-state index in [9.17, 15) is 9.59 Å². The fourth-order valence-corrected chi connectivity index (χ4v) is 2.64. The number of carbonyl (C=O) groups is 2. The highest BCUT2D eigenvalue weighted by Crippen LogP contribution is 2.20. The molecule has 2 rings (SSSR count). The van der Waals surface area contributed by atoms with Crippen LogP contribution in [0, 0.1) is 5.92 Å². The van der Waals surface area contributed by atoms with E-state index in [4.69, 9.17) is 10.8 Å². The number of hydrogen-bond donors (Lipinski definition) is 2. The Morgan fingerprint density at radius 1 is 1.35 bits per heavy atom. The van der Waals surface area contributed by atoms with Crippen molar-refractivity contribution in [3.8, 4) is 0 Å². The van der Waals surface area contributed by atoms with E-state index in [1.807, 2.05) is 18.2 Å². The standard InChI is InChI=1S/C15H20N2O3/c16-8-7-11-4-1-2-6-13(11)14(18)17-9-3-5-12(10-17)15(19)20/h1-2,4,6,12H,3,5,7-10,16H2,(H,19,20)/t12-/m0/s1. The fraction of sp³-hybridized carbons (Fsp3) is 0.467. The summed E-state index contributed by atoms with van der Waals surface area (Å²) in [4.78, 5) is 25.3. The van der Waals surface area contributed by atoms with Crippen molar-refractivity contribution in [3.05, 3.63) is 35.4 Å². The topological polar surface area (TPSA) is 83.6 Å². The number of amides is 1. The predicted molar refractivity (Wildman–Crippen MR) is 75.5 cm³/mol. The monoisotopic (exact) mass is 276 g/mol. The van der Waals surface area contributed by atoms with Gasteiger partial charge in [-0.25, -0.2) is 0 Å². The Morgan fingerprint density at radius 3 is 2.80 bits per heavy atom. The molecule has 0 aliphatic carbocycles. The molecular formula is C15H20N2O3. The molecule has 1 heterocycles. The minimum atomic E-state index is -0.822. The minimum absolute atomic E-state index is 0.0833. The summed E-state index contributed by atoms with van der Waals surface area (Å²) < 4.78 is 0. The highest BCUT2D eigenvalue weighted by atomic mass is 16.4. The summed E-state index contributed by atoms with van der Waals surface area (Å²) in [6.45, 7) is 1.41. The average Bonchev–Trinajstić information content (AvgIpc) is 2.47. The second-order valence-corrected chi connectivity index (χ2v) is 5.12. The molecule has 0 bridgehead atoms. The summed E-state index contributed by atoms with van der Waals surface area (Å²) in [5.74, 6) is -1.35. The number of carboxylic acids is 1. The first-order valence-corrected chi connectivity index (χ1v) is 6.93. The maximum absolute atomic E-state index is 12.6. The maximum atomic E-state index is 12.6. The van der Waals surface area contributed by atoms with E-state index in [-0.39, 0.29) is 5.91 Å². The average molecular weight is 276 g/mol. The number of nitrogens with two attached hydrogens (primary N) is 1. The third-order valence-corrected chi connectivity index (χ3v) is 3.72. The zero-order valence-electron chi connectivity index (χ0n) is 11.4. The number of rotatable bonds is 4. The molecule has 1 aromatic carbocycles. The molecule has 0 radical (unpaired) electrons. The Kier molecular flexibility index (Phi) is 4.74. The normalized spacial score (nSPS) is 18.9. The first-order chi connectivity index (χ1) is 9.63. The van der Waals surface area contributed by atoms with Gasteiger partial charge in [-0.15, -0.1) is 0 Å². The predicted octanol–water partition coefficient (Wildman–Crippen LogP) is 1.12. The molecule has 3 N–H and O–H groups in total. The summed E-state index contributed by atoms with van der Waals surface area (Å²) in [5, 5.41) is 9.09. The summed E-state index contributed by atoms with van der Waals surface area (Å²) in [5.41, 5.74) is 7.14. The largest absolute Gasteiger partial charge is 0.481 e. The van der Waals surface area contributed by atoms with Crippen LogP contribution in [0.4, 0.5) is 0 Å². The van der Waals surface area contributed by atoms with Crippen LogP contribution in [0.3, 0.4) is 0 Å². The van der Waals surface area contributed by atoms with Gasteiger partial charge in [0.1, 0.15) is 0 Å². The second kappa shape index (κ2) is 6.52. The van der Waals surface area contributed by atoms with Gasteiger partial charge in [0.05, 0.1) is 5.92 Å². The molecule has 1 aliphatic heterocycles. The van der Waals surface area contributed by atoms with E-state index in [2.05, 4.69) is 0 Å². The van der Waals surface area contributed by atoms with Gasteiger partial charge in [-0.1, -0.05) is 18.2 Å². The molecule has 1 amide bonds. The molecule has 0 saturated carbocycles. The molecule has 20 heavy (non-hydrogen) atoms. The van der Waals surface area contributed by atoms with Crippen LogP contribution in [0.25, 0.3) is 0 Å². The van der Waals surface area contributed by atoms with Crippen LogP contribution in [-0.4, -0.2) is 41.5 Å². The van der Waals surface area contributed by atoms with Gasteiger partial charge in [-0.2, -0.15) is 0 Å². The lowest BCUT2D eigenvalue weighted by Gasteiger charge is -2.31. The number of piperidine rings is 1. The Hall–Kier alpha value is -1.88. The van der Waals surface area contributed by atoms with Gasteiger partial charge in [-0.3, -0.25) is 9.59 Å². The van der Waals surface area contributed by atoms with E-state index >= 15 is 0 Å². The van der Waals surface area contributed by atoms with Crippen LogP contribution in [-0.2, 0) is 11.2 Å². The highest BCUT2D eigenvalue weighted by molar-refractivity contribution is 5.96. The second-order valence-electron chi connectivity index (χ2n) is 5.12. The number of nitrogens with zero attached hydrogens (tertiary/aromatic N) is 1. The Labute approximate surface area is 118 Å². The molecule has 1 aromatic rings. The van der Waals surface area contributed by atoms with Gasteiger partial charge < -0.3 is 15.7 Å². The minimum Gasteiger partial charge on any atom is -0.481 e. The van der Waals surface area contributed by atoms with Crippen LogP contribution < -0.4 is 5.73 Å². The summed E-state index contributed by atoms with van der Waals surface area (Å²) in [7, 11) is 0. The van der Waals surface area contributed by atoms with Gasteiger partial charge in [0.25, 0.3) is 5.91 Å². The lowest BCUT2D eigenvalue weighted by atomic mass is 9.96. The smallest absolute Gasteiger partial charge is 0.308 e. The van der Waals surface area contributed by atoms with Gasteiger partial charge in [0.2, 0.25) is 0 Å². The Bertz CT molecular complexity index is 502. The van der Waals surface area contributed by atoms with Crippen molar-refractivity contribution in [1.29, 1.82) is 0 Å². The third-order valence-electron chi connectivity index (χ3n) is 3.72. The van der Waals surface area contributed by atoms with Crippen molar-refractivity contribution >= 4 is 11.9 Å². The van der Waals surface area contributed by atoms with E-state index in [0.717, 1.165) is 12.0 Å². The molecule has 5 heteroatoms. The number of carbonyl (C=O) groups excluding carboxylic acids is 1. The molecule has 1 atom stereocenters. The van der Waals surface area contributed by atoms with Crippen LogP contribution in [0.15, 0.2) is 24.3 Å². The first-order valence-electron chi connectivity index (χ1n) is 6.93.